The summed E-state index contributed by atoms with van der Waals surface area (Å²) in [4.78, 5) is 2.54. The number of nitrogens with zero attached hydrogens (tertiary/aromatic N) is 1. The molecule has 86 valence electrons. The van der Waals surface area contributed by atoms with Gasteiger partial charge in [-0.05, 0) is 39.3 Å². The average molecular weight is 200 g/mol. The number of hydrogen-bond donors (Lipinski definition) is 1. The lowest BCUT2D eigenvalue weighted by atomic mass is 9.92. The van der Waals surface area contributed by atoms with E-state index in [0.29, 0.717) is 11.5 Å². The molecule has 0 aliphatic rings. The molecule has 2 nitrogen and oxygen atoms in total. The van der Waals surface area contributed by atoms with Crippen LogP contribution in [0.3, 0.4) is 0 Å². The van der Waals surface area contributed by atoms with E-state index in [1.807, 2.05) is 7.05 Å². The maximum Gasteiger partial charge on any atom is 0.0109 e. The molecule has 0 amide bonds. The van der Waals surface area contributed by atoms with E-state index in [9.17, 15) is 0 Å². The van der Waals surface area contributed by atoms with Gasteiger partial charge in [-0.15, -0.1) is 0 Å². The van der Waals surface area contributed by atoms with Crippen molar-refractivity contribution in [3.8, 4) is 0 Å². The first-order valence-electron chi connectivity index (χ1n) is 5.75. The van der Waals surface area contributed by atoms with E-state index in [2.05, 4.69) is 44.8 Å². The Bertz CT molecular complexity index is 136. The summed E-state index contributed by atoms with van der Waals surface area (Å²) in [6.07, 6.45) is 1.27. The molecule has 0 aromatic heterocycles. The van der Waals surface area contributed by atoms with Crippen LogP contribution in [0.5, 0.6) is 0 Å². The fourth-order valence-corrected chi connectivity index (χ4v) is 1.36. The van der Waals surface area contributed by atoms with Crippen molar-refractivity contribution in [1.82, 2.24) is 10.2 Å². The van der Waals surface area contributed by atoms with Gasteiger partial charge in [-0.25, -0.2) is 0 Å². The van der Waals surface area contributed by atoms with E-state index in [1.165, 1.54) is 13.0 Å². The molecule has 0 spiro atoms. The highest BCUT2D eigenvalue weighted by atomic mass is 15.2. The van der Waals surface area contributed by atoms with Crippen molar-refractivity contribution in [2.45, 2.75) is 47.1 Å². The summed E-state index contributed by atoms with van der Waals surface area (Å²) in [5, 5.41) is 3.21. The molecule has 0 aliphatic heterocycles. The molecule has 0 aromatic carbocycles. The second-order valence-electron chi connectivity index (χ2n) is 5.54. The lowest BCUT2D eigenvalue weighted by Gasteiger charge is -2.29. The number of likely N-dealkylation sites (N-methyl/N-ethyl adjacent to an activating group) is 1. The highest BCUT2D eigenvalue weighted by Gasteiger charge is 2.14. The van der Waals surface area contributed by atoms with Crippen LogP contribution in [-0.4, -0.2) is 37.6 Å². The first kappa shape index (κ1) is 13.9. The molecule has 14 heavy (non-hydrogen) atoms. The first-order valence-corrected chi connectivity index (χ1v) is 5.75. The van der Waals surface area contributed by atoms with Gasteiger partial charge in [0.15, 0.2) is 0 Å². The normalized spacial score (nSPS) is 12.9. The van der Waals surface area contributed by atoms with Gasteiger partial charge in [0.1, 0.15) is 0 Å². The summed E-state index contributed by atoms with van der Waals surface area (Å²) in [5.74, 6) is 0. The zero-order valence-electron chi connectivity index (χ0n) is 10.9. The van der Waals surface area contributed by atoms with Crippen molar-refractivity contribution < 1.29 is 0 Å². The molecule has 0 heterocycles. The number of nitrogens with one attached hydrogen (secondary N) is 1. The third kappa shape index (κ3) is 7.34. The predicted molar refractivity (Wildman–Crippen MR) is 64.7 cm³/mol. The van der Waals surface area contributed by atoms with Crippen LogP contribution in [0.25, 0.3) is 0 Å². The van der Waals surface area contributed by atoms with Crippen LogP contribution in [0.4, 0.5) is 0 Å². The van der Waals surface area contributed by atoms with Crippen molar-refractivity contribution in [3.63, 3.8) is 0 Å². The molecule has 0 saturated heterocycles. The van der Waals surface area contributed by atoms with E-state index in [1.54, 1.807) is 0 Å². The predicted octanol–water partition coefficient (Wildman–Crippen LogP) is 2.35. The summed E-state index contributed by atoms with van der Waals surface area (Å²) in [7, 11) is 2.02. The smallest absolute Gasteiger partial charge is 0.0109 e. The fourth-order valence-electron chi connectivity index (χ4n) is 1.36. The van der Waals surface area contributed by atoms with Gasteiger partial charge in [0.05, 0.1) is 0 Å². The molecule has 0 atom stereocenters. The molecular weight excluding hydrogens is 172 g/mol. The van der Waals surface area contributed by atoms with Crippen LogP contribution < -0.4 is 5.32 Å². The Kier molecular flexibility index (Phi) is 6.38. The Hall–Kier alpha value is -0.0800. The van der Waals surface area contributed by atoms with Gasteiger partial charge in [-0.1, -0.05) is 20.8 Å². The standard InChI is InChI=1S/C12H28N2/c1-11(2)14(10-8-13-6)9-7-12(3,4)5/h11,13H,7-10H2,1-6H3. The van der Waals surface area contributed by atoms with Crippen LogP contribution >= 0.6 is 0 Å². The maximum atomic E-state index is 3.21. The van der Waals surface area contributed by atoms with Gasteiger partial charge in [-0.2, -0.15) is 0 Å². The minimum absolute atomic E-state index is 0.451. The van der Waals surface area contributed by atoms with E-state index >= 15 is 0 Å². The number of rotatable bonds is 6. The summed E-state index contributed by atoms with van der Waals surface area (Å²) in [6, 6.07) is 0.658. The minimum Gasteiger partial charge on any atom is -0.318 e. The van der Waals surface area contributed by atoms with Gasteiger partial charge in [0.25, 0.3) is 0 Å². The lowest BCUT2D eigenvalue weighted by Crippen LogP contribution is -2.38. The summed E-state index contributed by atoms with van der Waals surface area (Å²) < 4.78 is 0. The molecule has 0 fully saturated rings. The molecule has 0 rings (SSSR count). The van der Waals surface area contributed by atoms with E-state index in [4.69, 9.17) is 0 Å². The second-order valence-corrected chi connectivity index (χ2v) is 5.54. The highest BCUT2D eigenvalue weighted by molar-refractivity contribution is 4.69. The first-order chi connectivity index (χ1) is 6.37. The van der Waals surface area contributed by atoms with Gasteiger partial charge in [-0.3, -0.25) is 4.90 Å². The van der Waals surface area contributed by atoms with Gasteiger partial charge < -0.3 is 5.32 Å². The molecule has 0 aromatic rings. The SMILES string of the molecule is CNCCN(CCC(C)(C)C)C(C)C. The van der Waals surface area contributed by atoms with E-state index in [0.717, 1.165) is 13.1 Å². The van der Waals surface area contributed by atoms with Crippen LogP contribution in [0.1, 0.15) is 41.0 Å². The largest absolute Gasteiger partial charge is 0.318 e. The Balaban J connectivity index is 3.85. The molecule has 0 saturated carbocycles. The molecular formula is C12H28N2. The van der Waals surface area contributed by atoms with Crippen molar-refractivity contribution in [1.29, 1.82) is 0 Å². The van der Waals surface area contributed by atoms with Crippen molar-refractivity contribution >= 4 is 0 Å². The molecule has 0 aliphatic carbocycles. The summed E-state index contributed by atoms with van der Waals surface area (Å²) in [5.41, 5.74) is 0.451. The van der Waals surface area contributed by atoms with Crippen LogP contribution in [0.15, 0.2) is 0 Å². The maximum absolute atomic E-state index is 3.21. The van der Waals surface area contributed by atoms with E-state index in [-0.39, 0.29) is 0 Å². The van der Waals surface area contributed by atoms with Crippen molar-refractivity contribution in [2.24, 2.45) is 5.41 Å². The van der Waals surface area contributed by atoms with Gasteiger partial charge in [0.2, 0.25) is 0 Å². The number of hydrogen-bond acceptors (Lipinski definition) is 2. The quantitative estimate of drug-likeness (QED) is 0.708. The van der Waals surface area contributed by atoms with Crippen LogP contribution in [-0.2, 0) is 0 Å². The van der Waals surface area contributed by atoms with Gasteiger partial charge >= 0.3 is 0 Å². The molecule has 2 heteroatoms. The Morgan fingerprint density at radius 1 is 1.14 bits per heavy atom. The Morgan fingerprint density at radius 3 is 2.07 bits per heavy atom. The zero-order chi connectivity index (χ0) is 11.2. The summed E-state index contributed by atoms with van der Waals surface area (Å²) >= 11 is 0. The third-order valence-electron chi connectivity index (χ3n) is 2.53. The third-order valence-corrected chi connectivity index (χ3v) is 2.53. The molecule has 0 unspecified atom stereocenters. The lowest BCUT2D eigenvalue weighted by molar-refractivity contribution is 0.190. The summed E-state index contributed by atoms with van der Waals surface area (Å²) in [6.45, 7) is 14.9. The van der Waals surface area contributed by atoms with Crippen LogP contribution in [0, 0.1) is 5.41 Å². The zero-order valence-corrected chi connectivity index (χ0v) is 10.9. The molecule has 0 radical (unpaired) electrons. The topological polar surface area (TPSA) is 15.3 Å². The average Bonchev–Trinajstić information content (AvgIpc) is 2.01. The van der Waals surface area contributed by atoms with Gasteiger partial charge in [0, 0.05) is 19.1 Å². The molecule has 0 bridgehead atoms. The minimum atomic E-state index is 0.451. The molecule has 1 N–H and O–H groups in total. The fraction of sp³-hybridized carbons (Fsp3) is 1.00. The Morgan fingerprint density at radius 2 is 1.71 bits per heavy atom. The van der Waals surface area contributed by atoms with Crippen molar-refractivity contribution in [3.05, 3.63) is 0 Å². The van der Waals surface area contributed by atoms with Crippen molar-refractivity contribution in [2.75, 3.05) is 26.7 Å². The highest BCUT2D eigenvalue weighted by Crippen LogP contribution is 2.19. The Labute approximate surface area is 90.1 Å². The van der Waals surface area contributed by atoms with Crippen LogP contribution in [0.2, 0.25) is 0 Å². The second kappa shape index (κ2) is 6.41. The monoisotopic (exact) mass is 200 g/mol. The van der Waals surface area contributed by atoms with E-state index < -0.39 is 0 Å².